The first-order valence-corrected chi connectivity index (χ1v) is 8.94. The molecule has 0 amide bonds. The van der Waals surface area contributed by atoms with E-state index in [4.69, 9.17) is 0 Å². The second-order valence-corrected chi connectivity index (χ2v) is 9.70. The average Bonchev–Trinajstić information content (AvgIpc) is 2.61. The molecule has 5 heteroatoms. The van der Waals surface area contributed by atoms with E-state index in [0.717, 1.165) is 10.9 Å². The van der Waals surface area contributed by atoms with Crippen molar-refractivity contribution in [2.45, 2.75) is 51.8 Å². The Morgan fingerprint density at radius 3 is 2.44 bits per heavy atom. The standard InChI is InChI=1S/C13H22BrNOS2/c1-9(2)6-11(12-7-10(14)8-17-12)15-18(16)13(3,4)5/h7-9,11,15H,6H2,1-5H3/t11?,18-/m0/s1. The first-order valence-electron chi connectivity index (χ1n) is 6.12. The van der Waals surface area contributed by atoms with Gasteiger partial charge in [-0.2, -0.15) is 0 Å². The predicted octanol–water partition coefficient (Wildman–Crippen LogP) is 4.65. The van der Waals surface area contributed by atoms with Gasteiger partial charge in [0.2, 0.25) is 0 Å². The van der Waals surface area contributed by atoms with Crippen LogP contribution in [0.4, 0.5) is 0 Å². The van der Waals surface area contributed by atoms with E-state index in [1.165, 1.54) is 4.88 Å². The third kappa shape index (κ3) is 5.21. The topological polar surface area (TPSA) is 35.1 Å². The van der Waals surface area contributed by atoms with E-state index >= 15 is 0 Å². The van der Waals surface area contributed by atoms with Crippen LogP contribution in [-0.2, 0) is 11.4 Å². The van der Waals surface area contributed by atoms with Gasteiger partial charge in [0.1, 0.15) is 4.75 Å². The van der Waals surface area contributed by atoms with Crippen LogP contribution in [0.1, 0.15) is 52.0 Å². The van der Waals surface area contributed by atoms with Crippen LogP contribution < -0.4 is 4.72 Å². The summed E-state index contributed by atoms with van der Waals surface area (Å²) in [4.78, 5) is 1.24. The molecule has 0 saturated heterocycles. The molecule has 0 aliphatic rings. The van der Waals surface area contributed by atoms with E-state index in [9.17, 15) is 4.55 Å². The Morgan fingerprint density at radius 1 is 1.44 bits per heavy atom. The predicted molar refractivity (Wildman–Crippen MR) is 85.2 cm³/mol. The fourth-order valence-corrected chi connectivity index (χ4v) is 3.93. The highest BCUT2D eigenvalue weighted by Crippen LogP contribution is 2.31. The number of hydrogen-bond donors (Lipinski definition) is 1. The van der Waals surface area contributed by atoms with Crippen molar-refractivity contribution in [3.05, 3.63) is 20.8 Å². The van der Waals surface area contributed by atoms with Crippen LogP contribution >= 0.6 is 27.3 Å². The van der Waals surface area contributed by atoms with Gasteiger partial charge in [-0.05, 0) is 55.1 Å². The van der Waals surface area contributed by atoms with Crippen LogP contribution in [0.2, 0.25) is 0 Å². The first kappa shape index (κ1) is 16.5. The molecule has 18 heavy (non-hydrogen) atoms. The van der Waals surface area contributed by atoms with Crippen molar-refractivity contribution in [3.8, 4) is 0 Å². The molecule has 1 aromatic rings. The zero-order valence-corrected chi connectivity index (χ0v) is 14.8. The Morgan fingerprint density at radius 2 is 2.06 bits per heavy atom. The molecule has 2 atom stereocenters. The molecule has 0 aromatic carbocycles. The molecule has 0 radical (unpaired) electrons. The molecular weight excluding hydrogens is 330 g/mol. The van der Waals surface area contributed by atoms with E-state index in [2.05, 4.69) is 45.9 Å². The summed E-state index contributed by atoms with van der Waals surface area (Å²) in [6.45, 7) is 10.4. The van der Waals surface area contributed by atoms with Crippen LogP contribution in [0, 0.1) is 5.92 Å². The molecule has 1 rings (SSSR count). The highest BCUT2D eigenvalue weighted by Gasteiger charge is 2.30. The minimum Gasteiger partial charge on any atom is -0.598 e. The Labute approximate surface area is 126 Å². The molecule has 1 heterocycles. The first-order chi connectivity index (χ1) is 8.20. The molecule has 0 aliphatic carbocycles. The van der Waals surface area contributed by atoms with Gasteiger partial charge in [0.15, 0.2) is 0 Å². The maximum atomic E-state index is 12.2. The SMILES string of the molecule is CC(C)CC(N[S@@+]([O-])C(C)(C)C)c1cc(Br)cs1. The van der Waals surface area contributed by atoms with Crippen molar-refractivity contribution >= 4 is 38.6 Å². The summed E-state index contributed by atoms with van der Waals surface area (Å²) in [7, 11) is 0. The number of halogens is 1. The van der Waals surface area contributed by atoms with Gasteiger partial charge >= 0.3 is 0 Å². The zero-order valence-electron chi connectivity index (χ0n) is 11.6. The van der Waals surface area contributed by atoms with E-state index in [0.29, 0.717) is 5.92 Å². The van der Waals surface area contributed by atoms with Crippen LogP contribution in [0.25, 0.3) is 0 Å². The van der Waals surface area contributed by atoms with Gasteiger partial charge in [0, 0.05) is 26.1 Å². The quantitative estimate of drug-likeness (QED) is 0.783. The fourth-order valence-electron chi connectivity index (χ4n) is 1.51. The molecule has 1 N–H and O–H groups in total. The van der Waals surface area contributed by atoms with E-state index in [1.54, 1.807) is 11.3 Å². The van der Waals surface area contributed by atoms with Gasteiger partial charge in [-0.15, -0.1) is 16.1 Å². The molecule has 0 aliphatic heterocycles. The monoisotopic (exact) mass is 351 g/mol. The number of hydrogen-bond acceptors (Lipinski definition) is 3. The summed E-state index contributed by atoms with van der Waals surface area (Å²) in [5.41, 5.74) is 0. The molecule has 2 nitrogen and oxygen atoms in total. The van der Waals surface area contributed by atoms with Crippen LogP contribution in [0.5, 0.6) is 0 Å². The largest absolute Gasteiger partial charge is 0.598 e. The maximum Gasteiger partial charge on any atom is 0.136 e. The summed E-state index contributed by atoms with van der Waals surface area (Å²) in [5.74, 6) is 0.570. The van der Waals surface area contributed by atoms with Crippen LogP contribution in [-0.4, -0.2) is 9.30 Å². The maximum absolute atomic E-state index is 12.2. The smallest absolute Gasteiger partial charge is 0.136 e. The Hall–Kier alpha value is 0.450. The van der Waals surface area contributed by atoms with Crippen molar-refractivity contribution in [2.24, 2.45) is 5.92 Å². The summed E-state index contributed by atoms with van der Waals surface area (Å²) >= 11 is 4.15. The van der Waals surface area contributed by atoms with E-state index < -0.39 is 11.4 Å². The van der Waals surface area contributed by atoms with E-state index in [-0.39, 0.29) is 10.8 Å². The van der Waals surface area contributed by atoms with Gasteiger partial charge < -0.3 is 4.55 Å². The minimum atomic E-state index is -1.03. The third-order valence-corrected chi connectivity index (χ3v) is 5.86. The minimum absolute atomic E-state index is 0.168. The molecule has 0 bridgehead atoms. The lowest BCUT2D eigenvalue weighted by Crippen LogP contribution is -2.41. The summed E-state index contributed by atoms with van der Waals surface area (Å²) in [5, 5.41) is 2.07. The van der Waals surface area contributed by atoms with Crippen molar-refractivity contribution in [2.75, 3.05) is 0 Å². The Bertz CT molecular complexity index is 373. The molecule has 0 saturated carbocycles. The number of thiophene rings is 1. The lowest BCUT2D eigenvalue weighted by Gasteiger charge is -2.28. The highest BCUT2D eigenvalue weighted by atomic mass is 79.9. The second-order valence-electron chi connectivity index (χ2n) is 5.85. The lowest BCUT2D eigenvalue weighted by molar-refractivity contribution is 0.466. The van der Waals surface area contributed by atoms with Crippen LogP contribution in [0.3, 0.4) is 0 Å². The third-order valence-electron chi connectivity index (χ3n) is 2.44. The fraction of sp³-hybridized carbons (Fsp3) is 0.692. The Kier molecular flexibility index (Phi) is 6.19. The van der Waals surface area contributed by atoms with Crippen LogP contribution in [0.15, 0.2) is 15.9 Å². The van der Waals surface area contributed by atoms with E-state index in [1.807, 2.05) is 20.8 Å². The van der Waals surface area contributed by atoms with Crippen molar-refractivity contribution in [1.82, 2.24) is 4.72 Å². The van der Waals surface area contributed by atoms with Gasteiger partial charge in [-0.3, -0.25) is 0 Å². The summed E-state index contributed by atoms with van der Waals surface area (Å²) < 4.78 is 16.4. The Balaban J connectivity index is 2.79. The normalized spacial score (nSPS) is 16.0. The van der Waals surface area contributed by atoms with Gasteiger partial charge in [-0.1, -0.05) is 13.8 Å². The van der Waals surface area contributed by atoms with Gasteiger partial charge in [-0.25, -0.2) is 0 Å². The number of rotatable bonds is 5. The molecular formula is C13H22BrNOS2. The molecule has 104 valence electrons. The molecule has 1 unspecified atom stereocenters. The van der Waals surface area contributed by atoms with Gasteiger partial charge in [0.05, 0.1) is 6.04 Å². The second kappa shape index (κ2) is 6.75. The zero-order chi connectivity index (χ0) is 13.9. The van der Waals surface area contributed by atoms with Gasteiger partial charge in [0.25, 0.3) is 0 Å². The summed E-state index contributed by atoms with van der Waals surface area (Å²) in [6.07, 6.45) is 0.995. The number of nitrogens with one attached hydrogen (secondary N) is 1. The molecule has 0 spiro atoms. The lowest BCUT2D eigenvalue weighted by atomic mass is 10.0. The molecule has 0 fully saturated rings. The van der Waals surface area contributed by atoms with Crippen molar-refractivity contribution in [3.63, 3.8) is 0 Å². The van der Waals surface area contributed by atoms with Crippen molar-refractivity contribution in [1.29, 1.82) is 0 Å². The average molecular weight is 352 g/mol. The summed E-state index contributed by atoms with van der Waals surface area (Å²) in [6, 6.07) is 2.28. The molecule has 1 aromatic heterocycles. The van der Waals surface area contributed by atoms with Crippen molar-refractivity contribution < 1.29 is 4.55 Å². The highest BCUT2D eigenvalue weighted by molar-refractivity contribution is 9.10.